The summed E-state index contributed by atoms with van der Waals surface area (Å²) in [4.78, 5) is 9.47. The number of thioether (sulfide) groups is 1. The maximum Gasteiger partial charge on any atom is 0.116 e. The van der Waals surface area contributed by atoms with Crippen molar-refractivity contribution in [1.29, 1.82) is 0 Å². The molecule has 0 radical (unpaired) electrons. The number of benzene rings is 1. The first kappa shape index (κ1) is 10.2. The van der Waals surface area contributed by atoms with Crippen LogP contribution in [0.15, 0.2) is 47.8 Å². The van der Waals surface area contributed by atoms with Crippen LogP contribution in [0.25, 0.3) is 11.3 Å². The molecule has 0 aliphatic carbocycles. The molecule has 0 aliphatic rings. The van der Waals surface area contributed by atoms with Crippen LogP contribution in [-0.4, -0.2) is 15.7 Å². The minimum absolute atomic E-state index is 0.988. The van der Waals surface area contributed by atoms with Crippen molar-refractivity contribution in [1.82, 2.24) is 9.97 Å². The molecule has 1 heterocycles. The first-order valence-corrected chi connectivity index (χ1v) is 5.88. The molecular formula is C12H12N2S. The Hall–Kier alpha value is -1.35. The minimum atomic E-state index is 0.988. The van der Waals surface area contributed by atoms with E-state index in [-0.39, 0.29) is 0 Å². The largest absolute Gasteiger partial charge is 0.245 e. The van der Waals surface area contributed by atoms with E-state index in [2.05, 4.69) is 35.1 Å². The van der Waals surface area contributed by atoms with Crippen LogP contribution in [0.4, 0.5) is 0 Å². The standard InChI is InChI=1S/C12H12N2S/c1-2-15-12-6-4-3-5-10(12)11-7-8-13-9-14-11/h3-9H,2H2,1H3. The number of hydrogen-bond donors (Lipinski definition) is 0. The maximum absolute atomic E-state index is 4.27. The van der Waals surface area contributed by atoms with Crippen molar-refractivity contribution >= 4 is 11.8 Å². The Labute approximate surface area is 93.8 Å². The molecule has 15 heavy (non-hydrogen) atoms. The van der Waals surface area contributed by atoms with Crippen LogP contribution in [0.5, 0.6) is 0 Å². The molecule has 0 aliphatic heterocycles. The van der Waals surface area contributed by atoms with Crippen molar-refractivity contribution in [3.63, 3.8) is 0 Å². The van der Waals surface area contributed by atoms with Crippen molar-refractivity contribution in [2.45, 2.75) is 11.8 Å². The molecular weight excluding hydrogens is 204 g/mol. The monoisotopic (exact) mass is 216 g/mol. The lowest BCUT2D eigenvalue weighted by atomic mass is 10.1. The van der Waals surface area contributed by atoms with E-state index in [9.17, 15) is 0 Å². The second kappa shape index (κ2) is 4.94. The first-order valence-electron chi connectivity index (χ1n) is 4.90. The first-order chi connectivity index (χ1) is 7.42. The van der Waals surface area contributed by atoms with Crippen LogP contribution in [0.2, 0.25) is 0 Å². The normalized spacial score (nSPS) is 10.2. The van der Waals surface area contributed by atoms with Crippen LogP contribution in [0, 0.1) is 0 Å². The van der Waals surface area contributed by atoms with Crippen LogP contribution in [0.1, 0.15) is 6.92 Å². The molecule has 2 nitrogen and oxygen atoms in total. The third-order valence-electron chi connectivity index (χ3n) is 2.04. The second-order valence-electron chi connectivity index (χ2n) is 3.02. The van der Waals surface area contributed by atoms with Crippen molar-refractivity contribution in [3.05, 3.63) is 42.9 Å². The topological polar surface area (TPSA) is 25.8 Å². The number of aromatic nitrogens is 2. The fraction of sp³-hybridized carbons (Fsp3) is 0.167. The number of nitrogens with zero attached hydrogens (tertiary/aromatic N) is 2. The van der Waals surface area contributed by atoms with Crippen LogP contribution in [-0.2, 0) is 0 Å². The van der Waals surface area contributed by atoms with Gasteiger partial charge in [-0.25, -0.2) is 9.97 Å². The zero-order valence-electron chi connectivity index (χ0n) is 8.55. The predicted molar refractivity (Wildman–Crippen MR) is 63.9 cm³/mol. The van der Waals surface area contributed by atoms with Gasteiger partial charge in [0.2, 0.25) is 0 Å². The molecule has 0 saturated carbocycles. The molecule has 0 atom stereocenters. The third kappa shape index (κ3) is 2.36. The molecule has 3 heteroatoms. The SMILES string of the molecule is CCSc1ccccc1-c1ccncn1. The Bertz CT molecular complexity index is 429. The van der Waals surface area contributed by atoms with Gasteiger partial charge in [-0.1, -0.05) is 25.1 Å². The van der Waals surface area contributed by atoms with Gasteiger partial charge in [-0.05, 0) is 17.9 Å². The number of hydrogen-bond acceptors (Lipinski definition) is 3. The molecule has 0 fully saturated rings. The lowest BCUT2D eigenvalue weighted by molar-refractivity contribution is 1.16. The molecule has 76 valence electrons. The summed E-state index contributed by atoms with van der Waals surface area (Å²) in [7, 11) is 0. The molecule has 0 N–H and O–H groups in total. The summed E-state index contributed by atoms with van der Waals surface area (Å²) >= 11 is 1.84. The van der Waals surface area contributed by atoms with E-state index in [1.54, 1.807) is 12.5 Å². The van der Waals surface area contributed by atoms with Gasteiger partial charge in [-0.2, -0.15) is 0 Å². The lowest BCUT2D eigenvalue weighted by Gasteiger charge is -2.06. The van der Waals surface area contributed by atoms with Crippen LogP contribution < -0.4 is 0 Å². The minimum Gasteiger partial charge on any atom is -0.245 e. The van der Waals surface area contributed by atoms with Gasteiger partial charge in [0.15, 0.2) is 0 Å². The van der Waals surface area contributed by atoms with Gasteiger partial charge in [-0.15, -0.1) is 11.8 Å². The summed E-state index contributed by atoms with van der Waals surface area (Å²) in [5, 5.41) is 0. The summed E-state index contributed by atoms with van der Waals surface area (Å²) in [6.07, 6.45) is 3.36. The van der Waals surface area contributed by atoms with E-state index in [0.29, 0.717) is 0 Å². The molecule has 2 aromatic rings. The summed E-state index contributed by atoms with van der Waals surface area (Å²) in [6, 6.07) is 10.3. The van der Waals surface area contributed by atoms with E-state index in [0.717, 1.165) is 11.4 Å². The summed E-state index contributed by atoms with van der Waals surface area (Å²) < 4.78 is 0. The van der Waals surface area contributed by atoms with Crippen molar-refractivity contribution < 1.29 is 0 Å². The third-order valence-corrected chi connectivity index (χ3v) is 3.00. The molecule has 0 spiro atoms. The highest BCUT2D eigenvalue weighted by atomic mass is 32.2. The summed E-state index contributed by atoms with van der Waals surface area (Å²) in [5.41, 5.74) is 2.17. The van der Waals surface area contributed by atoms with E-state index in [1.165, 1.54) is 10.5 Å². The average Bonchev–Trinajstić information content (AvgIpc) is 2.31. The molecule has 2 rings (SSSR count). The smallest absolute Gasteiger partial charge is 0.116 e. The Morgan fingerprint density at radius 3 is 2.80 bits per heavy atom. The zero-order chi connectivity index (χ0) is 10.5. The van der Waals surface area contributed by atoms with Gasteiger partial charge in [0.05, 0.1) is 5.69 Å². The molecule has 0 bridgehead atoms. The molecule has 1 aromatic heterocycles. The van der Waals surface area contributed by atoms with E-state index >= 15 is 0 Å². The Morgan fingerprint density at radius 2 is 2.07 bits per heavy atom. The van der Waals surface area contributed by atoms with Crippen molar-refractivity contribution in [2.24, 2.45) is 0 Å². The van der Waals surface area contributed by atoms with Gasteiger partial charge < -0.3 is 0 Å². The van der Waals surface area contributed by atoms with E-state index < -0.39 is 0 Å². The van der Waals surface area contributed by atoms with Gasteiger partial charge >= 0.3 is 0 Å². The molecule has 1 aromatic carbocycles. The Balaban J connectivity index is 2.43. The van der Waals surface area contributed by atoms with Crippen LogP contribution >= 0.6 is 11.8 Å². The van der Waals surface area contributed by atoms with Crippen LogP contribution in [0.3, 0.4) is 0 Å². The molecule has 0 saturated heterocycles. The summed E-state index contributed by atoms with van der Waals surface area (Å²) in [5.74, 6) is 1.07. The maximum atomic E-state index is 4.27. The average molecular weight is 216 g/mol. The Morgan fingerprint density at radius 1 is 1.20 bits per heavy atom. The molecule has 0 unspecified atom stereocenters. The zero-order valence-corrected chi connectivity index (χ0v) is 9.37. The van der Waals surface area contributed by atoms with Crippen molar-refractivity contribution in [2.75, 3.05) is 5.75 Å². The predicted octanol–water partition coefficient (Wildman–Crippen LogP) is 3.26. The summed E-state index contributed by atoms with van der Waals surface area (Å²) in [6.45, 7) is 2.15. The van der Waals surface area contributed by atoms with Crippen molar-refractivity contribution in [3.8, 4) is 11.3 Å². The second-order valence-corrected chi connectivity index (χ2v) is 4.33. The van der Waals surface area contributed by atoms with Gasteiger partial charge in [0.25, 0.3) is 0 Å². The van der Waals surface area contributed by atoms with Gasteiger partial charge in [0, 0.05) is 16.7 Å². The van der Waals surface area contributed by atoms with E-state index in [1.807, 2.05) is 23.9 Å². The highest BCUT2D eigenvalue weighted by Gasteiger charge is 2.04. The Kier molecular flexibility index (Phi) is 3.35. The highest BCUT2D eigenvalue weighted by Crippen LogP contribution is 2.29. The fourth-order valence-corrected chi connectivity index (χ4v) is 2.22. The fourth-order valence-electron chi connectivity index (χ4n) is 1.41. The quantitative estimate of drug-likeness (QED) is 0.736. The van der Waals surface area contributed by atoms with Gasteiger partial charge in [0.1, 0.15) is 6.33 Å². The number of rotatable bonds is 3. The highest BCUT2D eigenvalue weighted by molar-refractivity contribution is 7.99. The van der Waals surface area contributed by atoms with E-state index in [4.69, 9.17) is 0 Å². The lowest BCUT2D eigenvalue weighted by Crippen LogP contribution is -1.86. The van der Waals surface area contributed by atoms with Gasteiger partial charge in [-0.3, -0.25) is 0 Å². The molecule has 0 amide bonds.